The fraction of sp³-hybridized carbons (Fsp3) is 0.625. The molecular weight excluding hydrogens is 380 g/mol. The number of benzene rings is 1. The monoisotopic (exact) mass is 410 g/mol. The maximum absolute atomic E-state index is 13.2. The molecule has 6 heteroatoms. The summed E-state index contributed by atoms with van der Waals surface area (Å²) in [5.41, 5.74) is 0.872. The van der Waals surface area contributed by atoms with Gasteiger partial charge >= 0.3 is 5.97 Å². The maximum Gasteiger partial charge on any atom is 0.338 e. The highest BCUT2D eigenvalue weighted by Gasteiger charge is 2.54. The molecule has 0 spiro atoms. The predicted octanol–water partition coefficient (Wildman–Crippen LogP) is 3.67. The topological polar surface area (TPSA) is 84.5 Å². The lowest BCUT2D eigenvalue weighted by atomic mass is 9.49. The van der Waals surface area contributed by atoms with Crippen molar-refractivity contribution in [3.05, 3.63) is 29.8 Å². The van der Waals surface area contributed by atoms with Crippen LogP contribution in [0.4, 0.5) is 5.69 Å². The average Bonchev–Trinajstić information content (AvgIpc) is 3.51. The van der Waals surface area contributed by atoms with Crippen molar-refractivity contribution in [3.8, 4) is 0 Å². The predicted molar refractivity (Wildman–Crippen MR) is 112 cm³/mol. The van der Waals surface area contributed by atoms with Crippen molar-refractivity contribution in [1.29, 1.82) is 0 Å². The second-order valence-electron chi connectivity index (χ2n) is 10.1. The molecule has 5 saturated carbocycles. The molecular formula is C24H30N2O4. The summed E-state index contributed by atoms with van der Waals surface area (Å²) in [6, 6.07) is 7.00. The zero-order valence-electron chi connectivity index (χ0n) is 17.5. The second-order valence-corrected chi connectivity index (χ2v) is 10.1. The molecule has 6 nitrogen and oxygen atoms in total. The van der Waals surface area contributed by atoms with Gasteiger partial charge in [0, 0.05) is 11.7 Å². The largest absolute Gasteiger partial charge is 0.449 e. The summed E-state index contributed by atoms with van der Waals surface area (Å²) in [5.74, 6) is 1.51. The van der Waals surface area contributed by atoms with E-state index in [1.54, 1.807) is 31.2 Å². The van der Waals surface area contributed by atoms with Crippen LogP contribution in [0.25, 0.3) is 0 Å². The quantitative estimate of drug-likeness (QED) is 0.701. The molecule has 2 amide bonds. The Morgan fingerprint density at radius 1 is 0.967 bits per heavy atom. The van der Waals surface area contributed by atoms with Gasteiger partial charge in [-0.2, -0.15) is 0 Å². The molecule has 0 radical (unpaired) electrons. The molecule has 160 valence electrons. The van der Waals surface area contributed by atoms with Crippen LogP contribution < -0.4 is 10.6 Å². The molecule has 4 bridgehead atoms. The van der Waals surface area contributed by atoms with E-state index in [2.05, 4.69) is 10.6 Å². The van der Waals surface area contributed by atoms with Crippen LogP contribution in [0.5, 0.6) is 0 Å². The van der Waals surface area contributed by atoms with Gasteiger partial charge < -0.3 is 15.4 Å². The normalized spacial score (nSPS) is 32.4. The van der Waals surface area contributed by atoms with E-state index in [0.717, 1.165) is 49.9 Å². The number of amides is 2. The minimum absolute atomic E-state index is 0.141. The molecule has 5 fully saturated rings. The third-order valence-corrected chi connectivity index (χ3v) is 7.48. The minimum Gasteiger partial charge on any atom is -0.449 e. The number of ether oxygens (including phenoxy) is 1. The third-order valence-electron chi connectivity index (χ3n) is 7.48. The van der Waals surface area contributed by atoms with Gasteiger partial charge in [-0.3, -0.25) is 9.59 Å². The standard InChI is InChI=1S/C24H30N2O4/c1-14(21(27)25-19-6-7-19)30-22(28)18-2-4-20(5-3-18)26-23(29)24-11-15-8-16(12-24)10-17(9-15)13-24/h2-5,14-17,19H,6-13H2,1H3,(H,25,27)(H,26,29)/t14-,15?,16?,17?,24?/m0/s1. The van der Waals surface area contributed by atoms with Crippen molar-refractivity contribution in [1.82, 2.24) is 5.32 Å². The van der Waals surface area contributed by atoms with Crippen LogP contribution in [-0.4, -0.2) is 29.9 Å². The number of hydrogen-bond acceptors (Lipinski definition) is 4. The van der Waals surface area contributed by atoms with E-state index >= 15 is 0 Å². The highest BCUT2D eigenvalue weighted by atomic mass is 16.5. The fourth-order valence-corrected chi connectivity index (χ4v) is 6.17. The first-order valence-corrected chi connectivity index (χ1v) is 11.3. The molecule has 0 saturated heterocycles. The van der Waals surface area contributed by atoms with Gasteiger partial charge in [0.25, 0.3) is 5.91 Å². The first kappa shape index (κ1) is 19.6. The highest BCUT2D eigenvalue weighted by Crippen LogP contribution is 2.60. The molecule has 0 aromatic heterocycles. The molecule has 0 unspecified atom stereocenters. The Labute approximate surface area is 177 Å². The van der Waals surface area contributed by atoms with Gasteiger partial charge in [-0.05, 0) is 100 Å². The molecule has 1 aromatic rings. The molecule has 5 aliphatic rings. The van der Waals surface area contributed by atoms with Gasteiger partial charge in [0.2, 0.25) is 5.91 Å². The van der Waals surface area contributed by atoms with Gasteiger partial charge in [0.1, 0.15) is 0 Å². The number of esters is 1. The Morgan fingerprint density at radius 2 is 1.53 bits per heavy atom. The zero-order valence-corrected chi connectivity index (χ0v) is 17.5. The zero-order chi connectivity index (χ0) is 20.9. The Bertz CT molecular complexity index is 823. The Hall–Kier alpha value is -2.37. The summed E-state index contributed by atoms with van der Waals surface area (Å²) in [4.78, 5) is 37.4. The summed E-state index contributed by atoms with van der Waals surface area (Å²) in [6.07, 6.45) is 8.14. The van der Waals surface area contributed by atoms with E-state index in [0.29, 0.717) is 11.3 Å². The summed E-state index contributed by atoms with van der Waals surface area (Å²) in [5, 5.41) is 5.93. The summed E-state index contributed by atoms with van der Waals surface area (Å²) < 4.78 is 5.27. The van der Waals surface area contributed by atoms with E-state index < -0.39 is 12.1 Å². The Balaban J connectivity index is 1.18. The Morgan fingerprint density at radius 3 is 2.07 bits per heavy atom. The molecule has 30 heavy (non-hydrogen) atoms. The molecule has 1 aromatic carbocycles. The smallest absolute Gasteiger partial charge is 0.338 e. The van der Waals surface area contributed by atoms with Crippen molar-refractivity contribution in [2.75, 3.05) is 5.32 Å². The van der Waals surface area contributed by atoms with Crippen LogP contribution in [0.3, 0.4) is 0 Å². The highest BCUT2D eigenvalue weighted by molar-refractivity contribution is 5.97. The summed E-state index contributed by atoms with van der Waals surface area (Å²) in [6.45, 7) is 1.58. The average molecular weight is 411 g/mol. The lowest BCUT2D eigenvalue weighted by Gasteiger charge is -2.55. The molecule has 1 atom stereocenters. The van der Waals surface area contributed by atoms with Crippen LogP contribution in [0.15, 0.2) is 24.3 Å². The number of anilines is 1. The summed E-state index contributed by atoms with van der Waals surface area (Å²) >= 11 is 0. The third kappa shape index (κ3) is 3.84. The van der Waals surface area contributed by atoms with E-state index in [1.165, 1.54) is 19.3 Å². The van der Waals surface area contributed by atoms with Crippen LogP contribution in [0, 0.1) is 23.2 Å². The lowest BCUT2D eigenvalue weighted by Crippen LogP contribution is -2.51. The van der Waals surface area contributed by atoms with E-state index in [-0.39, 0.29) is 23.3 Å². The van der Waals surface area contributed by atoms with Crippen LogP contribution >= 0.6 is 0 Å². The van der Waals surface area contributed by atoms with Gasteiger partial charge in [-0.15, -0.1) is 0 Å². The van der Waals surface area contributed by atoms with Gasteiger partial charge in [0.05, 0.1) is 11.0 Å². The SMILES string of the molecule is C[C@H](OC(=O)c1ccc(NC(=O)C23CC4CC(CC(C4)C2)C3)cc1)C(=O)NC1CC1. The lowest BCUT2D eigenvalue weighted by molar-refractivity contribution is -0.140. The first-order valence-electron chi connectivity index (χ1n) is 11.3. The van der Waals surface area contributed by atoms with Crippen molar-refractivity contribution >= 4 is 23.5 Å². The van der Waals surface area contributed by atoms with Crippen LogP contribution in [-0.2, 0) is 14.3 Å². The number of rotatable bonds is 6. The molecule has 0 heterocycles. The number of carbonyl (C=O) groups excluding carboxylic acids is 3. The minimum atomic E-state index is -0.825. The summed E-state index contributed by atoms with van der Waals surface area (Å²) in [7, 11) is 0. The molecule has 6 rings (SSSR count). The van der Waals surface area contributed by atoms with E-state index in [9.17, 15) is 14.4 Å². The second kappa shape index (κ2) is 7.40. The number of carbonyl (C=O) groups is 3. The van der Waals surface area contributed by atoms with Crippen LogP contribution in [0.2, 0.25) is 0 Å². The van der Waals surface area contributed by atoms with Crippen molar-refractivity contribution in [2.45, 2.75) is 70.4 Å². The molecule has 5 aliphatic carbocycles. The molecule has 2 N–H and O–H groups in total. The number of nitrogens with one attached hydrogen (secondary N) is 2. The van der Waals surface area contributed by atoms with Crippen molar-refractivity contribution in [2.24, 2.45) is 23.2 Å². The van der Waals surface area contributed by atoms with Gasteiger partial charge in [0.15, 0.2) is 6.10 Å². The van der Waals surface area contributed by atoms with Gasteiger partial charge in [-0.25, -0.2) is 4.79 Å². The van der Waals surface area contributed by atoms with Crippen LogP contribution in [0.1, 0.15) is 68.6 Å². The first-order chi connectivity index (χ1) is 14.4. The van der Waals surface area contributed by atoms with Crippen molar-refractivity contribution in [3.63, 3.8) is 0 Å². The van der Waals surface area contributed by atoms with Gasteiger partial charge in [-0.1, -0.05) is 0 Å². The van der Waals surface area contributed by atoms with Crippen molar-refractivity contribution < 1.29 is 19.1 Å². The number of hydrogen-bond donors (Lipinski definition) is 2. The molecule has 0 aliphatic heterocycles. The van der Waals surface area contributed by atoms with E-state index in [4.69, 9.17) is 4.74 Å². The Kier molecular flexibility index (Phi) is 4.83. The fourth-order valence-electron chi connectivity index (χ4n) is 6.17. The maximum atomic E-state index is 13.2. The van der Waals surface area contributed by atoms with E-state index in [1.807, 2.05) is 0 Å².